The van der Waals surface area contributed by atoms with E-state index in [0.717, 1.165) is 21.3 Å². The summed E-state index contributed by atoms with van der Waals surface area (Å²) >= 11 is 3.30. The molecule has 0 atom stereocenters. The number of aryl methyl sites for hydroxylation is 1. The monoisotopic (exact) mass is 292 g/mol. The molecule has 1 aromatic carbocycles. The van der Waals surface area contributed by atoms with E-state index in [1.54, 1.807) is 12.3 Å². The molecule has 1 aromatic heterocycles. The molecule has 2 N–H and O–H groups in total. The second kappa shape index (κ2) is 4.75. The van der Waals surface area contributed by atoms with Crippen molar-refractivity contribution in [3.05, 3.63) is 51.8 Å². The number of nitrogens with one attached hydrogen (secondary N) is 2. The molecule has 0 saturated carbocycles. The number of H-pyrrole nitrogens is 1. The maximum Gasteiger partial charge on any atom is 0.272 e. The van der Waals surface area contributed by atoms with Crippen LogP contribution in [0.3, 0.4) is 0 Å². The van der Waals surface area contributed by atoms with Gasteiger partial charge in [-0.25, -0.2) is 0 Å². The second-order valence-corrected chi connectivity index (χ2v) is 4.85. The van der Waals surface area contributed by atoms with Crippen LogP contribution in [0.25, 0.3) is 0 Å². The van der Waals surface area contributed by atoms with E-state index in [2.05, 4.69) is 26.2 Å². The Balaban J connectivity index is 2.21. The van der Waals surface area contributed by atoms with Crippen molar-refractivity contribution in [2.75, 3.05) is 5.32 Å². The Morgan fingerprint density at radius 1 is 1.35 bits per heavy atom. The minimum Gasteiger partial charge on any atom is -0.356 e. The van der Waals surface area contributed by atoms with Gasteiger partial charge in [-0.2, -0.15) is 0 Å². The topological polar surface area (TPSA) is 44.9 Å². The highest BCUT2D eigenvalue weighted by Gasteiger charge is 2.09. The van der Waals surface area contributed by atoms with Gasteiger partial charge >= 0.3 is 0 Å². The van der Waals surface area contributed by atoms with Crippen LogP contribution >= 0.6 is 15.9 Å². The summed E-state index contributed by atoms with van der Waals surface area (Å²) in [4.78, 5) is 14.8. The van der Waals surface area contributed by atoms with Crippen LogP contribution in [0.15, 0.2) is 34.9 Å². The third-order valence-electron chi connectivity index (χ3n) is 2.75. The van der Waals surface area contributed by atoms with Crippen LogP contribution in [-0.4, -0.2) is 10.9 Å². The number of carbonyl (C=O) groups excluding carboxylic acids is 1. The number of benzene rings is 1. The highest BCUT2D eigenvalue weighted by Crippen LogP contribution is 2.19. The number of aromatic nitrogens is 1. The molecule has 0 fully saturated rings. The van der Waals surface area contributed by atoms with Gasteiger partial charge in [-0.1, -0.05) is 12.1 Å². The van der Waals surface area contributed by atoms with Gasteiger partial charge in [-0.3, -0.25) is 4.79 Å². The normalized spacial score (nSPS) is 10.3. The van der Waals surface area contributed by atoms with Gasteiger partial charge in [0.2, 0.25) is 0 Å². The third-order valence-corrected chi connectivity index (χ3v) is 3.20. The lowest BCUT2D eigenvalue weighted by Crippen LogP contribution is -2.13. The smallest absolute Gasteiger partial charge is 0.272 e. The maximum atomic E-state index is 11.9. The van der Waals surface area contributed by atoms with Gasteiger partial charge in [0.15, 0.2) is 0 Å². The Morgan fingerprint density at radius 2 is 2.12 bits per heavy atom. The molecule has 0 aliphatic rings. The predicted octanol–water partition coefficient (Wildman–Crippen LogP) is 3.65. The summed E-state index contributed by atoms with van der Waals surface area (Å²) < 4.78 is 0.864. The summed E-state index contributed by atoms with van der Waals surface area (Å²) in [5.41, 5.74) is 3.64. The molecule has 0 saturated heterocycles. The zero-order valence-electron chi connectivity index (χ0n) is 9.67. The van der Waals surface area contributed by atoms with E-state index in [9.17, 15) is 4.79 Å². The average Bonchev–Trinajstić information content (AvgIpc) is 2.72. The minimum atomic E-state index is -0.135. The van der Waals surface area contributed by atoms with Gasteiger partial charge in [-0.05, 0) is 53.0 Å². The van der Waals surface area contributed by atoms with Crippen LogP contribution in [0.5, 0.6) is 0 Å². The number of hydrogen-bond donors (Lipinski definition) is 2. The molecule has 0 spiro atoms. The van der Waals surface area contributed by atoms with Crippen molar-refractivity contribution in [3.8, 4) is 0 Å². The summed E-state index contributed by atoms with van der Waals surface area (Å²) in [6, 6.07) is 7.61. The molecule has 0 radical (unpaired) electrons. The molecule has 17 heavy (non-hydrogen) atoms. The highest BCUT2D eigenvalue weighted by molar-refractivity contribution is 9.10. The molecule has 0 aliphatic heterocycles. The number of aromatic amines is 1. The summed E-state index contributed by atoms with van der Waals surface area (Å²) in [6.07, 6.45) is 1.73. The van der Waals surface area contributed by atoms with Crippen LogP contribution < -0.4 is 5.32 Å². The zero-order valence-corrected chi connectivity index (χ0v) is 11.3. The number of carbonyl (C=O) groups is 1. The Labute approximate surface area is 108 Å². The van der Waals surface area contributed by atoms with Gasteiger partial charge in [-0.15, -0.1) is 0 Å². The molecule has 3 nitrogen and oxygen atoms in total. The van der Waals surface area contributed by atoms with Crippen molar-refractivity contribution in [2.45, 2.75) is 13.8 Å². The maximum absolute atomic E-state index is 11.9. The molecule has 1 heterocycles. The van der Waals surface area contributed by atoms with E-state index >= 15 is 0 Å². The number of amides is 1. The average molecular weight is 293 g/mol. The zero-order chi connectivity index (χ0) is 12.4. The number of rotatable bonds is 2. The standard InChI is InChI=1S/C13H13BrN2O/c1-8-4-3-5-11(9(8)2)16-13(17)12-6-10(14)7-15-12/h3-7,15H,1-2H3,(H,16,17). The SMILES string of the molecule is Cc1cccc(NC(=O)c2cc(Br)c[nH]2)c1C. The molecule has 4 heteroatoms. The van der Waals surface area contributed by atoms with E-state index < -0.39 is 0 Å². The van der Waals surface area contributed by atoms with Gasteiger partial charge in [0.05, 0.1) is 0 Å². The van der Waals surface area contributed by atoms with Gasteiger partial charge < -0.3 is 10.3 Å². The molecule has 0 bridgehead atoms. The van der Waals surface area contributed by atoms with Crippen molar-refractivity contribution in [2.24, 2.45) is 0 Å². The van der Waals surface area contributed by atoms with Gasteiger partial charge in [0.25, 0.3) is 5.91 Å². The number of anilines is 1. The van der Waals surface area contributed by atoms with E-state index in [1.807, 2.05) is 32.0 Å². The Kier molecular flexibility index (Phi) is 3.33. The summed E-state index contributed by atoms with van der Waals surface area (Å²) in [6.45, 7) is 4.02. The summed E-state index contributed by atoms with van der Waals surface area (Å²) in [5, 5.41) is 2.89. The van der Waals surface area contributed by atoms with Gasteiger partial charge in [0, 0.05) is 16.4 Å². The van der Waals surface area contributed by atoms with Crippen LogP contribution in [0.1, 0.15) is 21.6 Å². The van der Waals surface area contributed by atoms with E-state index in [-0.39, 0.29) is 5.91 Å². The summed E-state index contributed by atoms with van der Waals surface area (Å²) in [5.74, 6) is -0.135. The predicted molar refractivity (Wildman–Crippen MR) is 72.4 cm³/mol. The highest BCUT2D eigenvalue weighted by atomic mass is 79.9. The summed E-state index contributed by atoms with van der Waals surface area (Å²) in [7, 11) is 0. The van der Waals surface area contributed by atoms with Crippen molar-refractivity contribution >= 4 is 27.5 Å². The first-order chi connectivity index (χ1) is 8.08. The Bertz CT molecular complexity index is 560. The van der Waals surface area contributed by atoms with E-state index in [0.29, 0.717) is 5.69 Å². The lowest BCUT2D eigenvalue weighted by molar-refractivity contribution is 0.102. The fourth-order valence-electron chi connectivity index (χ4n) is 1.58. The van der Waals surface area contributed by atoms with E-state index in [1.165, 1.54) is 0 Å². The lowest BCUT2D eigenvalue weighted by atomic mass is 10.1. The molecular weight excluding hydrogens is 280 g/mol. The molecule has 2 aromatic rings. The molecule has 0 unspecified atom stereocenters. The Hall–Kier alpha value is -1.55. The van der Waals surface area contributed by atoms with Crippen LogP contribution in [0, 0.1) is 13.8 Å². The van der Waals surface area contributed by atoms with Crippen LogP contribution in [-0.2, 0) is 0 Å². The third kappa shape index (κ3) is 2.58. The first-order valence-electron chi connectivity index (χ1n) is 5.29. The Morgan fingerprint density at radius 3 is 2.76 bits per heavy atom. The lowest BCUT2D eigenvalue weighted by Gasteiger charge is -2.09. The van der Waals surface area contributed by atoms with Crippen LogP contribution in [0.4, 0.5) is 5.69 Å². The number of hydrogen-bond acceptors (Lipinski definition) is 1. The second-order valence-electron chi connectivity index (χ2n) is 3.93. The number of halogens is 1. The first kappa shape index (κ1) is 11.9. The van der Waals surface area contributed by atoms with Crippen molar-refractivity contribution in [1.29, 1.82) is 0 Å². The molecule has 0 aliphatic carbocycles. The van der Waals surface area contributed by atoms with Crippen LogP contribution in [0.2, 0.25) is 0 Å². The van der Waals surface area contributed by atoms with Gasteiger partial charge in [0.1, 0.15) is 5.69 Å². The molecule has 2 rings (SSSR count). The first-order valence-corrected chi connectivity index (χ1v) is 6.08. The van der Waals surface area contributed by atoms with Crippen molar-refractivity contribution in [1.82, 2.24) is 4.98 Å². The fourth-order valence-corrected chi connectivity index (χ4v) is 1.92. The molecular formula is C13H13BrN2O. The quantitative estimate of drug-likeness (QED) is 0.872. The molecule has 88 valence electrons. The van der Waals surface area contributed by atoms with Crippen molar-refractivity contribution in [3.63, 3.8) is 0 Å². The molecule has 1 amide bonds. The minimum absolute atomic E-state index is 0.135. The fraction of sp³-hybridized carbons (Fsp3) is 0.154. The van der Waals surface area contributed by atoms with Crippen molar-refractivity contribution < 1.29 is 4.79 Å². The largest absolute Gasteiger partial charge is 0.356 e. The van der Waals surface area contributed by atoms with E-state index in [4.69, 9.17) is 0 Å².